The highest BCUT2D eigenvalue weighted by molar-refractivity contribution is 6.31. The Morgan fingerprint density at radius 2 is 1.65 bits per heavy atom. The van der Waals surface area contributed by atoms with Crippen molar-refractivity contribution in [3.05, 3.63) is 70.2 Å². The summed E-state index contributed by atoms with van der Waals surface area (Å²) in [5.74, 6) is -2.60. The standard InChI is InChI=1S/C18H13ClN2O5/c19-12-5-3-4-11(10-12)16(23)20-9-8-15(22)26-21-17(24)13-6-1-2-7-14(13)18(21)25/h1-7,10H,8-9H2,(H,20,23). The van der Waals surface area contributed by atoms with Crippen LogP contribution in [0.4, 0.5) is 0 Å². The third-order valence-corrected chi connectivity index (χ3v) is 3.89. The predicted molar refractivity (Wildman–Crippen MR) is 91.4 cm³/mol. The zero-order valence-electron chi connectivity index (χ0n) is 13.4. The van der Waals surface area contributed by atoms with Gasteiger partial charge in [0.25, 0.3) is 17.7 Å². The normalized spacial score (nSPS) is 12.7. The highest BCUT2D eigenvalue weighted by Gasteiger charge is 2.38. The summed E-state index contributed by atoms with van der Waals surface area (Å²) >= 11 is 5.81. The molecular formula is C18H13ClN2O5. The van der Waals surface area contributed by atoms with Gasteiger partial charge in [-0.3, -0.25) is 14.4 Å². The molecule has 3 rings (SSSR count). The number of nitrogens with one attached hydrogen (secondary N) is 1. The molecule has 1 heterocycles. The summed E-state index contributed by atoms with van der Waals surface area (Å²) in [5, 5.41) is 3.39. The zero-order chi connectivity index (χ0) is 18.7. The molecule has 2 aromatic carbocycles. The van der Waals surface area contributed by atoms with Crippen molar-refractivity contribution < 1.29 is 24.0 Å². The summed E-state index contributed by atoms with van der Waals surface area (Å²) in [6.07, 6.45) is -0.209. The molecule has 3 amide bonds. The molecule has 0 spiro atoms. The van der Waals surface area contributed by atoms with Crippen molar-refractivity contribution in [3.63, 3.8) is 0 Å². The number of carbonyl (C=O) groups excluding carboxylic acids is 4. The zero-order valence-corrected chi connectivity index (χ0v) is 14.2. The van der Waals surface area contributed by atoms with Crippen molar-refractivity contribution >= 4 is 35.3 Å². The van der Waals surface area contributed by atoms with E-state index in [4.69, 9.17) is 16.4 Å². The fourth-order valence-electron chi connectivity index (χ4n) is 2.41. The first-order chi connectivity index (χ1) is 12.5. The van der Waals surface area contributed by atoms with Gasteiger partial charge in [-0.1, -0.05) is 34.9 Å². The van der Waals surface area contributed by atoms with Crippen LogP contribution in [0.3, 0.4) is 0 Å². The lowest BCUT2D eigenvalue weighted by molar-refractivity contribution is -0.168. The van der Waals surface area contributed by atoms with E-state index in [0.29, 0.717) is 15.6 Å². The SMILES string of the molecule is O=C(CCNC(=O)c1cccc(Cl)c1)ON1C(=O)c2ccccc2C1=O. The maximum Gasteiger partial charge on any atom is 0.335 e. The van der Waals surface area contributed by atoms with Gasteiger partial charge in [-0.05, 0) is 30.3 Å². The smallest absolute Gasteiger partial charge is 0.335 e. The number of halogens is 1. The highest BCUT2D eigenvalue weighted by atomic mass is 35.5. The number of carbonyl (C=O) groups is 4. The summed E-state index contributed by atoms with van der Waals surface area (Å²) in [4.78, 5) is 52.8. The number of hydroxylamine groups is 2. The third kappa shape index (κ3) is 3.57. The van der Waals surface area contributed by atoms with E-state index in [1.807, 2.05) is 0 Å². The molecule has 8 heteroatoms. The molecule has 0 aliphatic carbocycles. The Hall–Kier alpha value is -3.19. The largest absolute Gasteiger partial charge is 0.351 e. The Morgan fingerprint density at radius 1 is 1.00 bits per heavy atom. The van der Waals surface area contributed by atoms with Crippen molar-refractivity contribution in [2.75, 3.05) is 6.54 Å². The number of nitrogens with zero attached hydrogens (tertiary/aromatic N) is 1. The predicted octanol–water partition coefficient (Wildman–Crippen LogP) is 2.21. The molecule has 0 saturated heterocycles. The topological polar surface area (TPSA) is 92.8 Å². The first kappa shape index (κ1) is 17.6. The molecular weight excluding hydrogens is 360 g/mol. The molecule has 7 nitrogen and oxygen atoms in total. The maximum atomic E-state index is 12.1. The molecule has 0 atom stereocenters. The summed E-state index contributed by atoms with van der Waals surface area (Å²) in [7, 11) is 0. The second kappa shape index (κ2) is 7.37. The summed E-state index contributed by atoms with van der Waals surface area (Å²) < 4.78 is 0. The molecule has 0 aromatic heterocycles. The van der Waals surface area contributed by atoms with E-state index in [9.17, 15) is 19.2 Å². The van der Waals surface area contributed by atoms with E-state index in [-0.39, 0.29) is 24.1 Å². The van der Waals surface area contributed by atoms with Crippen LogP contribution in [0.1, 0.15) is 37.5 Å². The van der Waals surface area contributed by atoms with Gasteiger partial charge in [0.15, 0.2) is 0 Å². The van der Waals surface area contributed by atoms with Gasteiger partial charge in [-0.15, -0.1) is 0 Å². The van der Waals surface area contributed by atoms with Crippen LogP contribution in [0.5, 0.6) is 0 Å². The van der Waals surface area contributed by atoms with Crippen molar-refractivity contribution in [3.8, 4) is 0 Å². The fourth-order valence-corrected chi connectivity index (χ4v) is 2.60. The Kier molecular flexibility index (Phi) is 4.99. The lowest BCUT2D eigenvalue weighted by Gasteiger charge is -2.12. The Bertz CT molecular complexity index is 877. The lowest BCUT2D eigenvalue weighted by Crippen LogP contribution is -2.34. The van der Waals surface area contributed by atoms with Crippen molar-refractivity contribution in [1.29, 1.82) is 0 Å². The molecule has 2 aromatic rings. The van der Waals surface area contributed by atoms with Crippen LogP contribution in [-0.2, 0) is 9.63 Å². The van der Waals surface area contributed by atoms with E-state index >= 15 is 0 Å². The molecule has 0 bridgehead atoms. The molecule has 0 fully saturated rings. The lowest BCUT2D eigenvalue weighted by atomic mass is 10.1. The van der Waals surface area contributed by atoms with Gasteiger partial charge in [-0.25, -0.2) is 4.79 Å². The van der Waals surface area contributed by atoms with Crippen LogP contribution in [0, 0.1) is 0 Å². The summed E-state index contributed by atoms with van der Waals surface area (Å²) in [6.45, 7) is -0.0205. The van der Waals surface area contributed by atoms with Gasteiger partial charge >= 0.3 is 5.97 Å². The maximum absolute atomic E-state index is 12.1. The molecule has 1 aliphatic heterocycles. The fraction of sp³-hybridized carbons (Fsp3) is 0.111. The van der Waals surface area contributed by atoms with Crippen LogP contribution in [0.15, 0.2) is 48.5 Å². The average Bonchev–Trinajstić information content (AvgIpc) is 2.87. The molecule has 0 saturated carbocycles. The van der Waals surface area contributed by atoms with E-state index in [0.717, 1.165) is 0 Å². The van der Waals surface area contributed by atoms with E-state index in [1.54, 1.807) is 30.3 Å². The first-order valence-electron chi connectivity index (χ1n) is 7.70. The van der Waals surface area contributed by atoms with Gasteiger partial charge in [0.1, 0.15) is 0 Å². The van der Waals surface area contributed by atoms with Gasteiger partial charge < -0.3 is 10.2 Å². The van der Waals surface area contributed by atoms with Crippen molar-refractivity contribution in [2.24, 2.45) is 0 Å². The van der Waals surface area contributed by atoms with E-state index in [2.05, 4.69) is 5.32 Å². The quantitative estimate of drug-likeness (QED) is 0.812. The highest BCUT2D eigenvalue weighted by Crippen LogP contribution is 2.22. The summed E-state index contributed by atoms with van der Waals surface area (Å²) in [6, 6.07) is 12.5. The minimum absolute atomic E-state index is 0.0205. The van der Waals surface area contributed by atoms with E-state index < -0.39 is 23.7 Å². The van der Waals surface area contributed by atoms with Gasteiger partial charge in [0.2, 0.25) is 0 Å². The number of imide groups is 1. The molecule has 0 unspecified atom stereocenters. The van der Waals surface area contributed by atoms with Crippen LogP contribution < -0.4 is 5.32 Å². The number of amides is 3. The number of hydrogen-bond donors (Lipinski definition) is 1. The van der Waals surface area contributed by atoms with E-state index in [1.165, 1.54) is 18.2 Å². The Labute approximate surface area is 153 Å². The first-order valence-corrected chi connectivity index (χ1v) is 8.07. The van der Waals surface area contributed by atoms with Crippen LogP contribution in [0.25, 0.3) is 0 Å². The third-order valence-electron chi connectivity index (χ3n) is 3.65. The minimum atomic E-state index is -0.814. The van der Waals surface area contributed by atoms with Crippen LogP contribution in [-0.4, -0.2) is 35.3 Å². The second-order valence-electron chi connectivity index (χ2n) is 5.43. The number of hydrogen-bond acceptors (Lipinski definition) is 5. The molecule has 1 aliphatic rings. The Balaban J connectivity index is 1.52. The second-order valence-corrected chi connectivity index (χ2v) is 5.87. The molecule has 1 N–H and O–H groups in total. The van der Waals surface area contributed by atoms with Gasteiger partial charge in [0, 0.05) is 17.1 Å². The number of fused-ring (bicyclic) bond motifs is 1. The van der Waals surface area contributed by atoms with Crippen LogP contribution in [0.2, 0.25) is 5.02 Å². The van der Waals surface area contributed by atoms with Gasteiger partial charge in [-0.2, -0.15) is 0 Å². The monoisotopic (exact) mass is 372 g/mol. The van der Waals surface area contributed by atoms with Gasteiger partial charge in [0.05, 0.1) is 17.5 Å². The Morgan fingerprint density at radius 3 is 2.27 bits per heavy atom. The summed E-state index contributed by atoms with van der Waals surface area (Å²) in [5.41, 5.74) is 0.713. The number of benzene rings is 2. The minimum Gasteiger partial charge on any atom is -0.351 e. The number of rotatable bonds is 5. The molecule has 0 radical (unpaired) electrons. The van der Waals surface area contributed by atoms with Crippen molar-refractivity contribution in [2.45, 2.75) is 6.42 Å². The van der Waals surface area contributed by atoms with Crippen LogP contribution >= 0.6 is 11.6 Å². The average molecular weight is 373 g/mol. The molecule has 132 valence electrons. The molecule has 26 heavy (non-hydrogen) atoms. The van der Waals surface area contributed by atoms with Crippen molar-refractivity contribution in [1.82, 2.24) is 10.4 Å².